The van der Waals surface area contributed by atoms with Crippen molar-refractivity contribution in [2.24, 2.45) is 5.41 Å². The Morgan fingerprint density at radius 2 is 2.42 bits per heavy atom. The number of carboxylic acids is 1. The minimum Gasteiger partial charge on any atom is -0.481 e. The first kappa shape index (κ1) is 13.4. The number of amides is 2. The van der Waals surface area contributed by atoms with Crippen LogP contribution in [0.25, 0.3) is 0 Å². The number of carbonyl (C=O) groups excluding carboxylic acids is 1. The highest BCUT2D eigenvalue weighted by Crippen LogP contribution is 2.38. The van der Waals surface area contributed by atoms with Gasteiger partial charge in [-0.15, -0.1) is 0 Å². The highest BCUT2D eigenvalue weighted by molar-refractivity contribution is 5.79. The van der Waals surface area contributed by atoms with Crippen LogP contribution in [0.15, 0.2) is 16.9 Å². The molecule has 2 atom stereocenters. The molecule has 1 heterocycles. The molecule has 2 amide bonds. The largest absolute Gasteiger partial charge is 0.481 e. The normalized spacial score (nSPS) is 26.1. The molecule has 0 aliphatic heterocycles. The zero-order valence-corrected chi connectivity index (χ0v) is 10.7. The van der Waals surface area contributed by atoms with Crippen molar-refractivity contribution in [1.82, 2.24) is 15.8 Å². The number of urea groups is 1. The van der Waals surface area contributed by atoms with Crippen molar-refractivity contribution in [1.29, 1.82) is 0 Å². The summed E-state index contributed by atoms with van der Waals surface area (Å²) < 4.78 is 4.65. The molecule has 0 bridgehead atoms. The summed E-state index contributed by atoms with van der Waals surface area (Å²) in [5, 5.41) is 18.3. The standard InChI is InChI=1S/C12H17N3O4/c1-12(10(16)17)5-2-3-9(12)14-11(18)13-7-8-4-6-19-15-8/h4,6,9H,2-3,5,7H2,1H3,(H,16,17)(H2,13,14,18). The Bertz CT molecular complexity index is 460. The van der Waals surface area contributed by atoms with Gasteiger partial charge in [0.1, 0.15) is 12.0 Å². The van der Waals surface area contributed by atoms with E-state index in [9.17, 15) is 14.7 Å². The predicted octanol–water partition coefficient (Wildman–Crippen LogP) is 1.12. The Morgan fingerprint density at radius 3 is 3.05 bits per heavy atom. The topological polar surface area (TPSA) is 104 Å². The predicted molar refractivity (Wildman–Crippen MR) is 65.3 cm³/mol. The lowest BCUT2D eigenvalue weighted by Gasteiger charge is -2.27. The van der Waals surface area contributed by atoms with E-state index in [2.05, 4.69) is 20.3 Å². The number of carboxylic acid groups (broad SMARTS) is 1. The second-order valence-electron chi connectivity index (χ2n) is 4.99. The average molecular weight is 267 g/mol. The summed E-state index contributed by atoms with van der Waals surface area (Å²) in [6, 6.07) is 0.918. The number of carbonyl (C=O) groups is 2. The number of nitrogens with one attached hydrogen (secondary N) is 2. The SMILES string of the molecule is CC1(C(=O)O)CCCC1NC(=O)NCc1ccon1. The molecule has 1 aromatic heterocycles. The maximum atomic E-state index is 11.7. The molecular weight excluding hydrogens is 250 g/mol. The van der Waals surface area contributed by atoms with E-state index in [0.29, 0.717) is 18.5 Å². The van der Waals surface area contributed by atoms with Crippen molar-refractivity contribution in [3.63, 3.8) is 0 Å². The first-order chi connectivity index (χ1) is 9.02. The van der Waals surface area contributed by atoms with Crippen LogP contribution in [0, 0.1) is 5.41 Å². The van der Waals surface area contributed by atoms with Gasteiger partial charge in [-0.3, -0.25) is 4.79 Å². The fourth-order valence-corrected chi connectivity index (χ4v) is 2.36. The van der Waals surface area contributed by atoms with Gasteiger partial charge >= 0.3 is 12.0 Å². The Kier molecular flexibility index (Phi) is 3.73. The Balaban J connectivity index is 1.86. The van der Waals surface area contributed by atoms with E-state index in [4.69, 9.17) is 0 Å². The van der Waals surface area contributed by atoms with Gasteiger partial charge in [0.15, 0.2) is 0 Å². The fraction of sp³-hybridized carbons (Fsp3) is 0.583. The van der Waals surface area contributed by atoms with Crippen molar-refractivity contribution < 1.29 is 19.2 Å². The number of hydrogen-bond acceptors (Lipinski definition) is 4. The zero-order chi connectivity index (χ0) is 13.9. The van der Waals surface area contributed by atoms with Gasteiger partial charge in [0.25, 0.3) is 0 Å². The molecule has 1 aliphatic carbocycles. The molecule has 1 fully saturated rings. The van der Waals surface area contributed by atoms with Gasteiger partial charge in [0, 0.05) is 12.1 Å². The van der Waals surface area contributed by atoms with E-state index in [1.54, 1.807) is 13.0 Å². The maximum absolute atomic E-state index is 11.7. The van der Waals surface area contributed by atoms with Crippen LogP contribution in [-0.4, -0.2) is 28.3 Å². The monoisotopic (exact) mass is 267 g/mol. The van der Waals surface area contributed by atoms with Gasteiger partial charge in [-0.05, 0) is 19.8 Å². The molecule has 7 nitrogen and oxygen atoms in total. The van der Waals surface area contributed by atoms with E-state index in [1.165, 1.54) is 6.26 Å². The lowest BCUT2D eigenvalue weighted by atomic mass is 9.85. The maximum Gasteiger partial charge on any atom is 0.315 e. The van der Waals surface area contributed by atoms with Gasteiger partial charge < -0.3 is 20.3 Å². The summed E-state index contributed by atoms with van der Waals surface area (Å²) in [6.45, 7) is 1.92. The summed E-state index contributed by atoms with van der Waals surface area (Å²) in [5.74, 6) is -0.869. The van der Waals surface area contributed by atoms with Crippen LogP contribution >= 0.6 is 0 Å². The Hall–Kier alpha value is -2.05. The van der Waals surface area contributed by atoms with Crippen LogP contribution in [0.5, 0.6) is 0 Å². The van der Waals surface area contributed by atoms with Crippen molar-refractivity contribution >= 4 is 12.0 Å². The molecule has 7 heteroatoms. The fourth-order valence-electron chi connectivity index (χ4n) is 2.36. The lowest BCUT2D eigenvalue weighted by Crippen LogP contribution is -2.50. The first-order valence-corrected chi connectivity index (χ1v) is 6.19. The van der Waals surface area contributed by atoms with Gasteiger partial charge in [-0.25, -0.2) is 4.79 Å². The lowest BCUT2D eigenvalue weighted by molar-refractivity contribution is -0.148. The van der Waals surface area contributed by atoms with Gasteiger partial charge in [-0.2, -0.15) is 0 Å². The van der Waals surface area contributed by atoms with E-state index in [1.807, 2.05) is 0 Å². The van der Waals surface area contributed by atoms with Gasteiger partial charge in [0.05, 0.1) is 12.0 Å². The third kappa shape index (κ3) is 2.86. The minimum absolute atomic E-state index is 0.249. The van der Waals surface area contributed by atoms with Crippen molar-refractivity contribution in [2.75, 3.05) is 0 Å². The second kappa shape index (κ2) is 5.29. The highest BCUT2D eigenvalue weighted by Gasteiger charge is 2.45. The third-order valence-electron chi connectivity index (χ3n) is 3.67. The van der Waals surface area contributed by atoms with Crippen LogP contribution < -0.4 is 10.6 Å². The molecule has 0 radical (unpaired) electrons. The van der Waals surface area contributed by atoms with Gasteiger partial charge in [-0.1, -0.05) is 11.6 Å². The Labute approximate surface area is 110 Å². The third-order valence-corrected chi connectivity index (χ3v) is 3.67. The van der Waals surface area contributed by atoms with Crippen LogP contribution in [0.1, 0.15) is 31.9 Å². The molecule has 2 unspecified atom stereocenters. The van der Waals surface area contributed by atoms with Crippen LogP contribution in [-0.2, 0) is 11.3 Å². The number of nitrogens with zero attached hydrogens (tertiary/aromatic N) is 1. The van der Waals surface area contributed by atoms with Crippen molar-refractivity contribution in [3.8, 4) is 0 Å². The number of rotatable bonds is 4. The smallest absolute Gasteiger partial charge is 0.315 e. The molecule has 0 spiro atoms. The molecule has 1 saturated carbocycles. The molecular formula is C12H17N3O4. The molecule has 1 aliphatic rings. The summed E-state index contributed by atoms with van der Waals surface area (Å²) in [7, 11) is 0. The summed E-state index contributed by atoms with van der Waals surface area (Å²) in [6.07, 6.45) is 3.49. The highest BCUT2D eigenvalue weighted by atomic mass is 16.5. The molecule has 3 N–H and O–H groups in total. The van der Waals surface area contributed by atoms with E-state index >= 15 is 0 Å². The van der Waals surface area contributed by atoms with Crippen molar-refractivity contribution in [3.05, 3.63) is 18.0 Å². The molecule has 2 rings (SSSR count). The van der Waals surface area contributed by atoms with Crippen LogP contribution in [0.2, 0.25) is 0 Å². The van der Waals surface area contributed by atoms with Crippen molar-refractivity contribution in [2.45, 2.75) is 38.8 Å². The summed E-state index contributed by atoms with van der Waals surface area (Å²) in [5.41, 5.74) is -0.270. The quantitative estimate of drug-likeness (QED) is 0.758. The number of hydrogen-bond donors (Lipinski definition) is 3. The van der Waals surface area contributed by atoms with E-state index in [0.717, 1.165) is 6.42 Å². The van der Waals surface area contributed by atoms with Crippen LogP contribution in [0.4, 0.5) is 4.79 Å². The average Bonchev–Trinajstić information content (AvgIpc) is 2.98. The van der Waals surface area contributed by atoms with Gasteiger partial charge in [0.2, 0.25) is 0 Å². The van der Waals surface area contributed by atoms with Crippen LogP contribution in [0.3, 0.4) is 0 Å². The molecule has 1 aromatic rings. The first-order valence-electron chi connectivity index (χ1n) is 6.19. The Morgan fingerprint density at radius 1 is 1.63 bits per heavy atom. The number of aromatic nitrogens is 1. The summed E-state index contributed by atoms with van der Waals surface area (Å²) in [4.78, 5) is 23.0. The molecule has 0 aromatic carbocycles. The number of aliphatic carboxylic acids is 1. The molecule has 19 heavy (non-hydrogen) atoms. The minimum atomic E-state index is -0.884. The molecule has 104 valence electrons. The van der Waals surface area contributed by atoms with E-state index < -0.39 is 11.4 Å². The summed E-state index contributed by atoms with van der Waals surface area (Å²) >= 11 is 0. The molecule has 0 saturated heterocycles. The second-order valence-corrected chi connectivity index (χ2v) is 4.99. The zero-order valence-electron chi connectivity index (χ0n) is 10.7. The van der Waals surface area contributed by atoms with E-state index in [-0.39, 0.29) is 18.6 Å².